The largest absolute Gasteiger partial charge is 0.422 e. The molecule has 2 N–H and O–H groups in total. The van der Waals surface area contributed by atoms with Crippen molar-refractivity contribution in [3.05, 3.63) is 41.5 Å². The summed E-state index contributed by atoms with van der Waals surface area (Å²) in [5, 5.41) is 16.3. The Hall–Kier alpha value is -3.01. The van der Waals surface area contributed by atoms with E-state index in [1.807, 2.05) is 0 Å². The molecular formula is C19H18F4N4O2. The zero-order chi connectivity index (χ0) is 21.7. The van der Waals surface area contributed by atoms with Crippen LogP contribution in [0, 0.1) is 12.7 Å². The van der Waals surface area contributed by atoms with Crippen LogP contribution < -0.4 is 5.32 Å². The van der Waals surface area contributed by atoms with Crippen molar-refractivity contribution in [2.24, 2.45) is 7.05 Å². The number of alkyl halides is 3. The lowest BCUT2D eigenvalue weighted by molar-refractivity contribution is -0.260. The molecule has 6 nitrogen and oxygen atoms in total. The van der Waals surface area contributed by atoms with Gasteiger partial charge in [-0.05, 0) is 48.7 Å². The van der Waals surface area contributed by atoms with Crippen LogP contribution in [0.25, 0.3) is 22.0 Å². The van der Waals surface area contributed by atoms with E-state index >= 15 is 0 Å². The molecule has 1 amide bonds. The summed E-state index contributed by atoms with van der Waals surface area (Å²) < 4.78 is 55.9. The number of hydrogen-bond acceptors (Lipinski definition) is 4. The average Bonchev–Trinajstić information content (AvgIpc) is 2.92. The van der Waals surface area contributed by atoms with E-state index in [4.69, 9.17) is 0 Å². The number of carbonyl (C=O) groups excluding carboxylic acids is 1. The van der Waals surface area contributed by atoms with Gasteiger partial charge in [0, 0.05) is 25.6 Å². The van der Waals surface area contributed by atoms with Gasteiger partial charge in [-0.3, -0.25) is 9.48 Å². The smallest absolute Gasteiger partial charge is 0.375 e. The molecule has 0 saturated heterocycles. The second-order valence-electron chi connectivity index (χ2n) is 6.96. The summed E-state index contributed by atoms with van der Waals surface area (Å²) in [5.74, 6) is -0.980. The van der Waals surface area contributed by atoms with E-state index in [1.54, 1.807) is 6.92 Å². The number of rotatable bonds is 3. The number of pyridine rings is 1. The quantitative estimate of drug-likeness (QED) is 0.644. The zero-order valence-electron chi connectivity index (χ0n) is 16.0. The number of benzene rings is 1. The first-order chi connectivity index (χ1) is 13.3. The van der Waals surface area contributed by atoms with Crippen LogP contribution >= 0.6 is 0 Å². The molecule has 0 fully saturated rings. The number of aryl methyl sites for hydroxylation is 2. The molecule has 0 radical (unpaired) electrons. The summed E-state index contributed by atoms with van der Waals surface area (Å²) in [7, 11) is 1.21. The highest BCUT2D eigenvalue weighted by atomic mass is 19.4. The van der Waals surface area contributed by atoms with Crippen molar-refractivity contribution in [2.45, 2.75) is 32.5 Å². The number of nitrogens with zero attached hydrogens (tertiary/aromatic N) is 3. The minimum Gasteiger partial charge on any atom is -0.375 e. The van der Waals surface area contributed by atoms with Gasteiger partial charge in [-0.25, -0.2) is 9.37 Å². The molecule has 154 valence electrons. The molecule has 1 atom stereocenters. The van der Waals surface area contributed by atoms with E-state index in [2.05, 4.69) is 15.4 Å². The van der Waals surface area contributed by atoms with Gasteiger partial charge < -0.3 is 10.4 Å². The van der Waals surface area contributed by atoms with E-state index in [-0.39, 0.29) is 28.2 Å². The number of hydrogen-bond donors (Lipinski definition) is 2. The van der Waals surface area contributed by atoms with Crippen LogP contribution in [-0.2, 0) is 17.4 Å². The summed E-state index contributed by atoms with van der Waals surface area (Å²) in [4.78, 5) is 15.3. The van der Waals surface area contributed by atoms with Crippen LogP contribution in [0.5, 0.6) is 0 Å². The SMILES string of the molecule is CC(=O)Nc1cc(-c2cc(F)c3nn(C)c([C@](C)(O)C(F)(F)F)c3c2)c(C)cn1. The van der Waals surface area contributed by atoms with Crippen molar-refractivity contribution in [1.29, 1.82) is 0 Å². The number of anilines is 1. The Bertz CT molecular complexity index is 1120. The summed E-state index contributed by atoms with van der Waals surface area (Å²) in [6.07, 6.45) is -3.54. The maximum Gasteiger partial charge on any atom is 0.422 e. The Morgan fingerprint density at radius 3 is 2.48 bits per heavy atom. The van der Waals surface area contributed by atoms with Gasteiger partial charge in [0.2, 0.25) is 5.91 Å². The van der Waals surface area contributed by atoms with E-state index < -0.39 is 23.3 Å². The molecule has 0 bridgehead atoms. The van der Waals surface area contributed by atoms with Crippen molar-refractivity contribution in [1.82, 2.24) is 14.8 Å². The Morgan fingerprint density at radius 2 is 1.90 bits per heavy atom. The Kier molecular flexibility index (Phi) is 4.86. The first kappa shape index (κ1) is 20.7. The van der Waals surface area contributed by atoms with Crippen LogP contribution in [0.2, 0.25) is 0 Å². The number of carbonyl (C=O) groups is 1. The van der Waals surface area contributed by atoms with Crippen LogP contribution in [0.1, 0.15) is 25.1 Å². The third-order valence-corrected chi connectivity index (χ3v) is 4.62. The predicted octanol–water partition coefficient (Wildman–Crippen LogP) is 3.81. The number of halogens is 4. The van der Waals surface area contributed by atoms with Gasteiger partial charge in [0.05, 0.1) is 5.69 Å². The molecule has 2 aromatic heterocycles. The van der Waals surface area contributed by atoms with Gasteiger partial charge in [-0.2, -0.15) is 18.3 Å². The van der Waals surface area contributed by atoms with Crippen LogP contribution in [-0.4, -0.2) is 32.0 Å². The molecule has 0 spiro atoms. The standard InChI is InChI=1S/C19H18F4N4O2/c1-9-8-24-15(25-10(2)28)7-12(9)11-5-13-16(14(20)6-11)26-27(4)17(13)18(3,29)19(21,22)23/h5-8,29H,1-4H3,(H,24,25,28)/t18-/m0/s1. The van der Waals surface area contributed by atoms with Gasteiger partial charge in [-0.15, -0.1) is 0 Å². The lowest BCUT2D eigenvalue weighted by Gasteiger charge is -2.26. The summed E-state index contributed by atoms with van der Waals surface area (Å²) in [6, 6.07) is 3.97. The third-order valence-electron chi connectivity index (χ3n) is 4.62. The number of aromatic nitrogens is 3. The molecule has 29 heavy (non-hydrogen) atoms. The first-order valence-electron chi connectivity index (χ1n) is 8.53. The first-order valence-corrected chi connectivity index (χ1v) is 8.53. The highest BCUT2D eigenvalue weighted by Gasteiger charge is 2.54. The molecule has 3 rings (SSSR count). The minimum absolute atomic E-state index is 0.165. The molecule has 10 heteroatoms. The predicted molar refractivity (Wildman–Crippen MR) is 98.6 cm³/mol. The molecule has 0 aliphatic rings. The van der Waals surface area contributed by atoms with Gasteiger partial charge in [0.25, 0.3) is 0 Å². The third kappa shape index (κ3) is 3.55. The van der Waals surface area contributed by atoms with E-state index in [0.717, 1.165) is 10.7 Å². The summed E-state index contributed by atoms with van der Waals surface area (Å²) in [6.45, 7) is 3.59. The molecule has 3 aromatic rings. The summed E-state index contributed by atoms with van der Waals surface area (Å²) >= 11 is 0. The molecular weight excluding hydrogens is 392 g/mol. The second-order valence-corrected chi connectivity index (χ2v) is 6.96. The van der Waals surface area contributed by atoms with E-state index in [9.17, 15) is 27.5 Å². The second kappa shape index (κ2) is 6.80. The minimum atomic E-state index is -4.99. The Morgan fingerprint density at radius 1 is 1.24 bits per heavy atom. The zero-order valence-corrected chi connectivity index (χ0v) is 16.0. The topological polar surface area (TPSA) is 80.0 Å². The average molecular weight is 410 g/mol. The van der Waals surface area contributed by atoms with Crippen LogP contribution in [0.3, 0.4) is 0 Å². The monoisotopic (exact) mass is 410 g/mol. The Balaban J connectivity index is 2.28. The van der Waals surface area contributed by atoms with E-state index in [0.29, 0.717) is 18.1 Å². The van der Waals surface area contributed by atoms with E-state index in [1.165, 1.54) is 32.3 Å². The van der Waals surface area contributed by atoms with Gasteiger partial charge in [0.15, 0.2) is 11.4 Å². The fourth-order valence-electron chi connectivity index (χ4n) is 3.21. The lowest BCUT2D eigenvalue weighted by atomic mass is 9.94. The lowest BCUT2D eigenvalue weighted by Crippen LogP contribution is -2.41. The van der Waals surface area contributed by atoms with Crippen LogP contribution in [0.4, 0.5) is 23.4 Å². The number of amides is 1. The maximum absolute atomic E-state index is 14.7. The van der Waals surface area contributed by atoms with Crippen molar-refractivity contribution in [2.75, 3.05) is 5.32 Å². The number of nitrogens with one attached hydrogen (secondary N) is 1. The fourth-order valence-corrected chi connectivity index (χ4v) is 3.21. The normalized spacial score (nSPS) is 14.1. The molecule has 0 unspecified atom stereocenters. The molecule has 0 aliphatic heterocycles. The van der Waals surface area contributed by atoms with Crippen LogP contribution in [0.15, 0.2) is 24.4 Å². The highest BCUT2D eigenvalue weighted by molar-refractivity contribution is 5.91. The summed E-state index contributed by atoms with van der Waals surface area (Å²) in [5.41, 5.74) is -2.76. The van der Waals surface area contributed by atoms with Gasteiger partial charge >= 0.3 is 6.18 Å². The van der Waals surface area contributed by atoms with Crippen molar-refractivity contribution in [3.63, 3.8) is 0 Å². The van der Waals surface area contributed by atoms with Crippen molar-refractivity contribution in [3.8, 4) is 11.1 Å². The maximum atomic E-state index is 14.7. The number of aliphatic hydroxyl groups is 1. The number of fused-ring (bicyclic) bond motifs is 1. The van der Waals surface area contributed by atoms with Crippen molar-refractivity contribution >= 4 is 22.6 Å². The highest BCUT2D eigenvalue weighted by Crippen LogP contribution is 2.42. The molecule has 0 saturated carbocycles. The molecule has 2 heterocycles. The fraction of sp³-hybridized carbons (Fsp3) is 0.316. The van der Waals surface area contributed by atoms with Gasteiger partial charge in [0.1, 0.15) is 11.3 Å². The van der Waals surface area contributed by atoms with Crippen molar-refractivity contribution < 1.29 is 27.5 Å². The molecule has 1 aromatic carbocycles. The van der Waals surface area contributed by atoms with Gasteiger partial charge in [-0.1, -0.05) is 0 Å². The molecule has 0 aliphatic carbocycles. The Labute approximate surface area is 163 Å².